The van der Waals surface area contributed by atoms with Gasteiger partial charge in [-0.2, -0.15) is 0 Å². The predicted octanol–water partition coefficient (Wildman–Crippen LogP) is 3.86. The Morgan fingerprint density at radius 1 is 1.46 bits per heavy atom. The first-order valence-corrected chi connectivity index (χ1v) is 8.97. The summed E-state index contributed by atoms with van der Waals surface area (Å²) in [5.41, 5.74) is 0.843. The lowest BCUT2D eigenvalue weighted by atomic mass is 9.71. The van der Waals surface area contributed by atoms with Gasteiger partial charge in [-0.05, 0) is 42.9 Å². The summed E-state index contributed by atoms with van der Waals surface area (Å²) < 4.78 is 25.9. The third kappa shape index (κ3) is 3.28. The van der Waals surface area contributed by atoms with Crippen molar-refractivity contribution in [3.8, 4) is 0 Å². The average Bonchev–Trinajstić information content (AvgIpc) is 2.99. The molecular weight excluding hydrogens is 333 g/mol. The molecule has 140 valence electrons. The van der Waals surface area contributed by atoms with Gasteiger partial charge in [0.25, 0.3) is 0 Å². The van der Waals surface area contributed by atoms with E-state index >= 15 is 0 Å². The van der Waals surface area contributed by atoms with Crippen molar-refractivity contribution in [2.24, 2.45) is 11.8 Å². The summed E-state index contributed by atoms with van der Waals surface area (Å²) >= 11 is 0. The van der Waals surface area contributed by atoms with E-state index in [1.807, 2.05) is 20.2 Å². The summed E-state index contributed by atoms with van der Waals surface area (Å²) in [5, 5.41) is 0. The van der Waals surface area contributed by atoms with E-state index in [4.69, 9.17) is 9.47 Å². The summed E-state index contributed by atoms with van der Waals surface area (Å²) in [4.78, 5) is 14.0. The van der Waals surface area contributed by atoms with Gasteiger partial charge in [0.15, 0.2) is 12.6 Å². The molecule has 1 saturated heterocycles. The SMILES string of the molecule is C=CC[C@H]1C[C@]2(C(C)Cc3ccc(N(C)C)c(F)c3)OCOC2=CC1=O. The first-order chi connectivity index (χ1) is 12.4. The summed E-state index contributed by atoms with van der Waals surface area (Å²) in [6, 6.07) is 5.32. The van der Waals surface area contributed by atoms with E-state index in [0.29, 0.717) is 30.7 Å². The number of hydrogen-bond acceptors (Lipinski definition) is 4. The second-order valence-corrected chi connectivity index (χ2v) is 7.42. The van der Waals surface area contributed by atoms with Crippen LogP contribution in [0.1, 0.15) is 25.3 Å². The topological polar surface area (TPSA) is 38.8 Å². The molecule has 2 aliphatic rings. The first-order valence-electron chi connectivity index (χ1n) is 8.97. The number of carbonyl (C=O) groups excluding carboxylic acids is 1. The Kier molecular flexibility index (Phi) is 5.19. The normalized spacial score (nSPS) is 25.9. The first kappa shape index (κ1) is 18.6. The molecule has 1 heterocycles. The van der Waals surface area contributed by atoms with Crippen LogP contribution in [0.2, 0.25) is 0 Å². The number of ketones is 1. The third-order valence-electron chi connectivity index (χ3n) is 5.46. The molecule has 0 aromatic heterocycles. The van der Waals surface area contributed by atoms with Crippen LogP contribution in [-0.4, -0.2) is 32.3 Å². The fraction of sp³-hybridized carbons (Fsp3) is 0.476. The summed E-state index contributed by atoms with van der Waals surface area (Å²) in [6.07, 6.45) is 5.18. The van der Waals surface area contributed by atoms with E-state index < -0.39 is 5.60 Å². The molecule has 0 bridgehead atoms. The number of anilines is 1. The number of hydrogen-bond donors (Lipinski definition) is 0. The minimum atomic E-state index is -0.627. The quantitative estimate of drug-likeness (QED) is 0.723. The smallest absolute Gasteiger partial charge is 0.189 e. The van der Waals surface area contributed by atoms with Crippen molar-refractivity contribution in [1.82, 2.24) is 0 Å². The number of carbonyl (C=O) groups is 1. The maximum atomic E-state index is 14.3. The fourth-order valence-electron chi connectivity index (χ4n) is 3.97. The minimum Gasteiger partial charge on any atom is -0.469 e. The lowest BCUT2D eigenvalue weighted by molar-refractivity contribution is -0.123. The van der Waals surface area contributed by atoms with Gasteiger partial charge in [-0.15, -0.1) is 6.58 Å². The zero-order valence-corrected chi connectivity index (χ0v) is 15.6. The van der Waals surface area contributed by atoms with Crippen molar-refractivity contribution in [3.05, 3.63) is 54.1 Å². The largest absolute Gasteiger partial charge is 0.469 e. The molecule has 5 heteroatoms. The third-order valence-corrected chi connectivity index (χ3v) is 5.46. The standard InChI is InChI=1S/C21H26FNO3/c1-5-6-16-12-21(20(11-19(16)24)25-13-26-21)14(2)9-15-7-8-18(23(3)4)17(22)10-15/h5,7-8,10-11,14,16H,1,6,9,12-13H2,2-4H3/t14?,16-,21+/m0/s1. The van der Waals surface area contributed by atoms with Gasteiger partial charge in [0, 0.05) is 26.1 Å². The molecule has 1 unspecified atom stereocenters. The Labute approximate surface area is 154 Å². The number of rotatable bonds is 6. The molecule has 0 N–H and O–H groups in total. The van der Waals surface area contributed by atoms with Gasteiger partial charge in [0.05, 0.1) is 5.69 Å². The molecule has 0 amide bonds. The second kappa shape index (κ2) is 7.23. The van der Waals surface area contributed by atoms with Crippen LogP contribution in [0, 0.1) is 17.7 Å². The molecule has 0 radical (unpaired) electrons. The Morgan fingerprint density at radius 3 is 2.88 bits per heavy atom. The van der Waals surface area contributed by atoms with Crippen LogP contribution in [-0.2, 0) is 20.7 Å². The van der Waals surface area contributed by atoms with E-state index in [1.165, 1.54) is 0 Å². The number of halogens is 1. The van der Waals surface area contributed by atoms with Gasteiger partial charge in [0.2, 0.25) is 0 Å². The lowest BCUT2D eigenvalue weighted by Crippen LogP contribution is -2.44. The Bertz CT molecular complexity index is 743. The van der Waals surface area contributed by atoms with Crippen LogP contribution in [0.15, 0.2) is 42.7 Å². The molecule has 1 aromatic carbocycles. The predicted molar refractivity (Wildman–Crippen MR) is 99.4 cm³/mol. The highest BCUT2D eigenvalue weighted by Crippen LogP contribution is 2.46. The van der Waals surface area contributed by atoms with Crippen molar-refractivity contribution in [2.75, 3.05) is 25.8 Å². The molecule has 1 fully saturated rings. The maximum Gasteiger partial charge on any atom is 0.189 e. The van der Waals surface area contributed by atoms with Crippen molar-refractivity contribution in [2.45, 2.75) is 31.8 Å². The van der Waals surface area contributed by atoms with Crippen molar-refractivity contribution >= 4 is 11.5 Å². The van der Waals surface area contributed by atoms with Crippen molar-refractivity contribution < 1.29 is 18.7 Å². The Balaban J connectivity index is 1.85. The molecule has 3 atom stereocenters. The zero-order chi connectivity index (χ0) is 18.9. The Hall–Kier alpha value is -2.14. The zero-order valence-electron chi connectivity index (χ0n) is 15.6. The van der Waals surface area contributed by atoms with Crippen LogP contribution in [0.25, 0.3) is 0 Å². The molecule has 1 aromatic rings. The molecule has 4 nitrogen and oxygen atoms in total. The van der Waals surface area contributed by atoms with Gasteiger partial charge < -0.3 is 14.4 Å². The number of benzene rings is 1. The van der Waals surface area contributed by atoms with Gasteiger partial charge in [-0.25, -0.2) is 4.39 Å². The second-order valence-electron chi connectivity index (χ2n) is 7.42. The van der Waals surface area contributed by atoms with E-state index in [-0.39, 0.29) is 30.2 Å². The molecular formula is C21H26FNO3. The maximum absolute atomic E-state index is 14.3. The average molecular weight is 359 g/mol. The Morgan fingerprint density at radius 2 is 2.23 bits per heavy atom. The molecule has 0 saturated carbocycles. The summed E-state index contributed by atoms with van der Waals surface area (Å²) in [5.74, 6) is 0.338. The van der Waals surface area contributed by atoms with E-state index in [2.05, 4.69) is 13.5 Å². The van der Waals surface area contributed by atoms with Gasteiger partial charge in [-0.1, -0.05) is 19.1 Å². The minimum absolute atomic E-state index is 0.0428. The number of fused-ring (bicyclic) bond motifs is 1. The van der Waals surface area contributed by atoms with Crippen molar-refractivity contribution in [3.63, 3.8) is 0 Å². The highest BCUT2D eigenvalue weighted by Gasteiger charge is 2.51. The van der Waals surface area contributed by atoms with Crippen LogP contribution >= 0.6 is 0 Å². The summed E-state index contributed by atoms with van der Waals surface area (Å²) in [6.45, 7) is 5.97. The highest BCUT2D eigenvalue weighted by molar-refractivity contribution is 5.93. The monoisotopic (exact) mass is 359 g/mol. The van der Waals surface area contributed by atoms with E-state index in [0.717, 1.165) is 5.56 Å². The summed E-state index contributed by atoms with van der Waals surface area (Å²) in [7, 11) is 3.64. The van der Waals surface area contributed by atoms with Gasteiger partial charge in [-0.3, -0.25) is 4.79 Å². The fourth-order valence-corrected chi connectivity index (χ4v) is 3.97. The van der Waals surface area contributed by atoms with E-state index in [1.54, 1.807) is 29.2 Å². The molecule has 26 heavy (non-hydrogen) atoms. The molecule has 1 aliphatic carbocycles. The van der Waals surface area contributed by atoms with E-state index in [9.17, 15) is 9.18 Å². The lowest BCUT2D eigenvalue weighted by Gasteiger charge is -2.38. The number of ether oxygens (including phenoxy) is 2. The van der Waals surface area contributed by atoms with Crippen LogP contribution in [0.5, 0.6) is 0 Å². The van der Waals surface area contributed by atoms with Crippen LogP contribution in [0.4, 0.5) is 10.1 Å². The van der Waals surface area contributed by atoms with Gasteiger partial charge >= 0.3 is 0 Å². The van der Waals surface area contributed by atoms with Crippen LogP contribution < -0.4 is 4.90 Å². The van der Waals surface area contributed by atoms with Gasteiger partial charge in [0.1, 0.15) is 17.2 Å². The number of allylic oxidation sites excluding steroid dienone is 2. The van der Waals surface area contributed by atoms with Crippen molar-refractivity contribution in [1.29, 1.82) is 0 Å². The molecule has 1 aliphatic heterocycles. The number of nitrogens with zero attached hydrogens (tertiary/aromatic N) is 1. The highest BCUT2D eigenvalue weighted by atomic mass is 19.1. The molecule has 0 spiro atoms. The van der Waals surface area contributed by atoms with Crippen LogP contribution in [0.3, 0.4) is 0 Å². The molecule has 3 rings (SSSR count).